The number of anilines is 1. The molecular weight excluding hydrogens is 287 g/mol. The molecule has 0 unspecified atom stereocenters. The van der Waals surface area contributed by atoms with E-state index in [1.807, 2.05) is 12.1 Å². The summed E-state index contributed by atoms with van der Waals surface area (Å²) in [5.41, 5.74) is 0.888. The molecule has 5 nitrogen and oxygen atoms in total. The molecule has 3 rings (SSSR count). The Morgan fingerprint density at radius 2 is 1.86 bits per heavy atom. The standard InChI is InChI=1S/C16H11FN2O3/c17-9-5-6-11(16(21)22)14(7-9)19-15(20)12-8-18-13-4-2-1-3-10(12)13/h1-8,18H,(H,19,20)(H,21,22). The Labute approximate surface area is 124 Å². The van der Waals surface area contributed by atoms with E-state index in [2.05, 4.69) is 10.3 Å². The molecule has 0 atom stereocenters. The number of amides is 1. The van der Waals surface area contributed by atoms with Crippen LogP contribution in [0.4, 0.5) is 10.1 Å². The Balaban J connectivity index is 1.98. The van der Waals surface area contributed by atoms with Crippen LogP contribution < -0.4 is 5.32 Å². The van der Waals surface area contributed by atoms with E-state index in [9.17, 15) is 14.0 Å². The summed E-state index contributed by atoms with van der Waals surface area (Å²) in [6.45, 7) is 0. The molecule has 2 aromatic carbocycles. The van der Waals surface area contributed by atoms with Gasteiger partial charge in [0.05, 0.1) is 16.8 Å². The smallest absolute Gasteiger partial charge is 0.337 e. The second kappa shape index (κ2) is 5.33. The van der Waals surface area contributed by atoms with Gasteiger partial charge in [-0.3, -0.25) is 4.79 Å². The number of carbonyl (C=O) groups excluding carboxylic acids is 1. The first-order valence-corrected chi connectivity index (χ1v) is 6.46. The summed E-state index contributed by atoms with van der Waals surface area (Å²) in [5, 5.41) is 12.2. The van der Waals surface area contributed by atoms with Crippen LogP contribution in [0.15, 0.2) is 48.7 Å². The van der Waals surface area contributed by atoms with Crippen molar-refractivity contribution in [2.45, 2.75) is 0 Å². The number of para-hydroxylation sites is 1. The third-order valence-corrected chi connectivity index (χ3v) is 3.29. The maximum absolute atomic E-state index is 13.3. The molecule has 3 aromatic rings. The maximum Gasteiger partial charge on any atom is 0.337 e. The number of benzene rings is 2. The van der Waals surface area contributed by atoms with E-state index >= 15 is 0 Å². The van der Waals surface area contributed by atoms with E-state index in [4.69, 9.17) is 5.11 Å². The highest BCUT2D eigenvalue weighted by atomic mass is 19.1. The number of carbonyl (C=O) groups is 2. The van der Waals surface area contributed by atoms with E-state index in [-0.39, 0.29) is 11.3 Å². The number of halogens is 1. The second-order valence-corrected chi connectivity index (χ2v) is 4.70. The minimum atomic E-state index is -1.24. The van der Waals surface area contributed by atoms with Crippen LogP contribution in [0.2, 0.25) is 0 Å². The van der Waals surface area contributed by atoms with Crippen LogP contribution in [-0.2, 0) is 0 Å². The van der Waals surface area contributed by atoms with Crippen molar-refractivity contribution in [3.8, 4) is 0 Å². The normalized spacial score (nSPS) is 10.6. The van der Waals surface area contributed by atoms with Crippen molar-refractivity contribution in [2.75, 3.05) is 5.32 Å². The number of nitrogens with one attached hydrogen (secondary N) is 2. The average molecular weight is 298 g/mol. The van der Waals surface area contributed by atoms with E-state index < -0.39 is 17.7 Å². The Morgan fingerprint density at radius 1 is 1.09 bits per heavy atom. The molecule has 110 valence electrons. The van der Waals surface area contributed by atoms with Gasteiger partial charge in [0.2, 0.25) is 0 Å². The quantitative estimate of drug-likeness (QED) is 0.694. The molecule has 0 spiro atoms. The fourth-order valence-electron chi connectivity index (χ4n) is 2.26. The molecule has 0 saturated carbocycles. The van der Waals surface area contributed by atoms with Gasteiger partial charge in [0.25, 0.3) is 5.91 Å². The average Bonchev–Trinajstić information content (AvgIpc) is 2.91. The van der Waals surface area contributed by atoms with E-state index in [0.717, 1.165) is 23.7 Å². The monoisotopic (exact) mass is 298 g/mol. The summed E-state index contributed by atoms with van der Waals surface area (Å²) >= 11 is 0. The van der Waals surface area contributed by atoms with Crippen molar-refractivity contribution in [3.05, 3.63) is 65.6 Å². The molecule has 0 aliphatic rings. The zero-order valence-electron chi connectivity index (χ0n) is 11.3. The summed E-state index contributed by atoms with van der Waals surface area (Å²) in [4.78, 5) is 26.4. The molecule has 0 aliphatic heterocycles. The third kappa shape index (κ3) is 2.42. The lowest BCUT2D eigenvalue weighted by atomic mass is 10.1. The maximum atomic E-state index is 13.3. The lowest BCUT2D eigenvalue weighted by Gasteiger charge is -2.08. The highest BCUT2D eigenvalue weighted by molar-refractivity contribution is 6.14. The third-order valence-electron chi connectivity index (χ3n) is 3.29. The number of fused-ring (bicyclic) bond motifs is 1. The van der Waals surface area contributed by atoms with Crippen molar-refractivity contribution in [2.24, 2.45) is 0 Å². The first kappa shape index (κ1) is 13.8. The summed E-state index contributed by atoms with van der Waals surface area (Å²) < 4.78 is 13.3. The molecule has 0 saturated heterocycles. The minimum absolute atomic E-state index is 0.0808. The zero-order chi connectivity index (χ0) is 15.7. The van der Waals surface area contributed by atoms with Gasteiger partial charge in [-0.15, -0.1) is 0 Å². The van der Waals surface area contributed by atoms with Crippen LogP contribution in [0, 0.1) is 5.82 Å². The summed E-state index contributed by atoms with van der Waals surface area (Å²) in [7, 11) is 0. The molecule has 1 aromatic heterocycles. The number of H-pyrrole nitrogens is 1. The summed E-state index contributed by atoms with van der Waals surface area (Å²) in [5.74, 6) is -2.38. The van der Waals surface area contributed by atoms with Crippen LogP contribution in [0.25, 0.3) is 10.9 Å². The fraction of sp³-hybridized carbons (Fsp3) is 0. The molecule has 0 radical (unpaired) electrons. The van der Waals surface area contributed by atoms with Gasteiger partial charge in [0, 0.05) is 17.1 Å². The van der Waals surface area contributed by atoms with Crippen molar-refractivity contribution >= 4 is 28.5 Å². The second-order valence-electron chi connectivity index (χ2n) is 4.70. The lowest BCUT2D eigenvalue weighted by Crippen LogP contribution is -2.14. The molecule has 1 heterocycles. The zero-order valence-corrected chi connectivity index (χ0v) is 11.3. The van der Waals surface area contributed by atoms with Gasteiger partial charge in [0.15, 0.2) is 0 Å². The van der Waals surface area contributed by atoms with Crippen molar-refractivity contribution in [1.82, 2.24) is 4.98 Å². The summed E-state index contributed by atoms with van der Waals surface area (Å²) in [6, 6.07) is 10.3. The number of aromatic carboxylic acids is 1. The number of rotatable bonds is 3. The molecule has 6 heteroatoms. The van der Waals surface area contributed by atoms with Crippen molar-refractivity contribution < 1.29 is 19.1 Å². The number of aromatic nitrogens is 1. The van der Waals surface area contributed by atoms with Gasteiger partial charge in [-0.05, 0) is 24.3 Å². The number of hydrogen-bond acceptors (Lipinski definition) is 2. The number of hydrogen-bond donors (Lipinski definition) is 3. The topological polar surface area (TPSA) is 82.2 Å². The molecule has 1 amide bonds. The predicted octanol–water partition coefficient (Wildman–Crippen LogP) is 3.26. The minimum Gasteiger partial charge on any atom is -0.478 e. The van der Waals surface area contributed by atoms with Crippen molar-refractivity contribution in [1.29, 1.82) is 0 Å². The van der Waals surface area contributed by atoms with Gasteiger partial charge in [-0.1, -0.05) is 18.2 Å². The summed E-state index contributed by atoms with van der Waals surface area (Å²) in [6.07, 6.45) is 1.53. The Hall–Kier alpha value is -3.15. The number of carboxylic acids is 1. The van der Waals surface area contributed by atoms with Crippen molar-refractivity contribution in [3.63, 3.8) is 0 Å². The fourth-order valence-corrected chi connectivity index (χ4v) is 2.26. The lowest BCUT2D eigenvalue weighted by molar-refractivity contribution is 0.0698. The van der Waals surface area contributed by atoms with E-state index in [1.165, 1.54) is 6.20 Å². The SMILES string of the molecule is O=C(O)c1ccc(F)cc1NC(=O)c1c[nH]c2ccccc12. The van der Waals surface area contributed by atoms with Crippen LogP contribution in [0.1, 0.15) is 20.7 Å². The van der Waals surface area contributed by atoms with E-state index in [0.29, 0.717) is 10.9 Å². The van der Waals surface area contributed by atoms with Gasteiger partial charge in [-0.2, -0.15) is 0 Å². The molecule has 0 bridgehead atoms. The largest absolute Gasteiger partial charge is 0.478 e. The molecular formula is C16H11FN2O3. The Kier molecular flexibility index (Phi) is 3.34. The highest BCUT2D eigenvalue weighted by Crippen LogP contribution is 2.22. The Morgan fingerprint density at radius 3 is 2.64 bits per heavy atom. The molecule has 3 N–H and O–H groups in total. The van der Waals surface area contributed by atoms with Crippen LogP contribution in [-0.4, -0.2) is 22.0 Å². The van der Waals surface area contributed by atoms with Gasteiger partial charge < -0.3 is 15.4 Å². The predicted molar refractivity (Wildman–Crippen MR) is 79.6 cm³/mol. The first-order valence-electron chi connectivity index (χ1n) is 6.46. The first-order chi connectivity index (χ1) is 10.6. The molecule has 0 fully saturated rings. The molecule has 0 aliphatic carbocycles. The van der Waals surface area contributed by atoms with Gasteiger partial charge >= 0.3 is 5.97 Å². The van der Waals surface area contributed by atoms with Crippen LogP contribution in [0.3, 0.4) is 0 Å². The van der Waals surface area contributed by atoms with E-state index in [1.54, 1.807) is 12.1 Å². The Bertz CT molecular complexity index is 886. The van der Waals surface area contributed by atoms with Gasteiger partial charge in [0.1, 0.15) is 5.82 Å². The highest BCUT2D eigenvalue weighted by Gasteiger charge is 2.16. The molecule has 22 heavy (non-hydrogen) atoms. The van der Waals surface area contributed by atoms with Gasteiger partial charge in [-0.25, -0.2) is 9.18 Å². The number of carboxylic acid groups (broad SMARTS) is 1. The van der Waals surface area contributed by atoms with Crippen LogP contribution in [0.5, 0.6) is 0 Å². The van der Waals surface area contributed by atoms with Crippen LogP contribution >= 0.6 is 0 Å². The number of aromatic amines is 1.